The molecule has 0 spiro atoms. The standard InChI is InChI=1S/C11H16FNO2S2/c1-8(13)9-4-3-5-10(12)11(9)16-6-7-17(2,14)15/h3-5,8H,6-7,13H2,1-2H3/t8-/m1/s1. The van der Waals surface area contributed by atoms with Crippen molar-refractivity contribution in [3.05, 3.63) is 29.6 Å². The fourth-order valence-electron chi connectivity index (χ4n) is 1.33. The number of benzene rings is 1. The molecule has 1 aromatic rings. The molecule has 17 heavy (non-hydrogen) atoms. The summed E-state index contributed by atoms with van der Waals surface area (Å²) in [6.07, 6.45) is 1.17. The molecule has 2 N–H and O–H groups in total. The minimum Gasteiger partial charge on any atom is -0.324 e. The lowest BCUT2D eigenvalue weighted by molar-refractivity contribution is 0.591. The molecule has 0 heterocycles. The molecule has 0 aliphatic rings. The number of rotatable bonds is 5. The van der Waals surface area contributed by atoms with Gasteiger partial charge in [0, 0.05) is 22.9 Å². The van der Waals surface area contributed by atoms with Crippen LogP contribution in [0.3, 0.4) is 0 Å². The molecule has 6 heteroatoms. The first-order valence-electron chi connectivity index (χ1n) is 5.16. The van der Waals surface area contributed by atoms with Gasteiger partial charge in [0.1, 0.15) is 15.7 Å². The van der Waals surface area contributed by atoms with Crippen molar-refractivity contribution in [3.63, 3.8) is 0 Å². The summed E-state index contributed by atoms with van der Waals surface area (Å²) in [5.41, 5.74) is 6.45. The lowest BCUT2D eigenvalue weighted by Crippen LogP contribution is -2.09. The molecular formula is C11H16FNO2S2. The molecule has 0 aliphatic carbocycles. The zero-order chi connectivity index (χ0) is 13.1. The number of hydrogen-bond acceptors (Lipinski definition) is 4. The van der Waals surface area contributed by atoms with Crippen LogP contribution in [0.25, 0.3) is 0 Å². The highest BCUT2D eigenvalue weighted by atomic mass is 32.2. The maximum absolute atomic E-state index is 13.6. The first-order valence-corrected chi connectivity index (χ1v) is 8.20. The van der Waals surface area contributed by atoms with Crippen molar-refractivity contribution in [2.24, 2.45) is 5.73 Å². The lowest BCUT2D eigenvalue weighted by Gasteiger charge is -2.12. The van der Waals surface area contributed by atoms with Crippen molar-refractivity contribution in [2.45, 2.75) is 17.9 Å². The van der Waals surface area contributed by atoms with Crippen LogP contribution in [0.1, 0.15) is 18.5 Å². The first kappa shape index (κ1) is 14.5. The van der Waals surface area contributed by atoms with Crippen molar-refractivity contribution in [1.82, 2.24) is 0 Å². The molecule has 0 aromatic heterocycles. The maximum Gasteiger partial charge on any atom is 0.148 e. The van der Waals surface area contributed by atoms with Crippen molar-refractivity contribution in [1.29, 1.82) is 0 Å². The number of sulfone groups is 1. The Hall–Kier alpha value is -0.590. The minimum atomic E-state index is -3.01. The molecule has 1 rings (SSSR count). The number of halogens is 1. The molecule has 0 saturated heterocycles. The monoisotopic (exact) mass is 277 g/mol. The van der Waals surface area contributed by atoms with E-state index < -0.39 is 9.84 Å². The summed E-state index contributed by atoms with van der Waals surface area (Å²) in [4.78, 5) is 0.450. The van der Waals surface area contributed by atoms with E-state index in [1.807, 2.05) is 0 Å². The molecule has 0 aliphatic heterocycles. The molecule has 0 fully saturated rings. The highest BCUT2D eigenvalue weighted by molar-refractivity contribution is 8.00. The van der Waals surface area contributed by atoms with Gasteiger partial charge in [0.05, 0.1) is 5.75 Å². The van der Waals surface area contributed by atoms with E-state index in [2.05, 4.69) is 0 Å². The van der Waals surface area contributed by atoms with Crippen LogP contribution >= 0.6 is 11.8 Å². The van der Waals surface area contributed by atoms with Gasteiger partial charge in [-0.15, -0.1) is 11.8 Å². The Bertz CT molecular complexity index is 486. The molecule has 3 nitrogen and oxygen atoms in total. The molecule has 0 amide bonds. The van der Waals surface area contributed by atoms with Gasteiger partial charge in [-0.3, -0.25) is 0 Å². The van der Waals surface area contributed by atoms with Gasteiger partial charge in [0.15, 0.2) is 0 Å². The van der Waals surface area contributed by atoms with Crippen molar-refractivity contribution < 1.29 is 12.8 Å². The van der Waals surface area contributed by atoms with E-state index in [1.54, 1.807) is 19.1 Å². The van der Waals surface area contributed by atoms with Crippen LogP contribution in [0.15, 0.2) is 23.1 Å². The van der Waals surface area contributed by atoms with Gasteiger partial charge in [-0.2, -0.15) is 0 Å². The van der Waals surface area contributed by atoms with Crippen molar-refractivity contribution in [3.8, 4) is 0 Å². The minimum absolute atomic E-state index is 0.0321. The zero-order valence-corrected chi connectivity index (χ0v) is 11.4. The molecule has 0 unspecified atom stereocenters. The van der Waals surface area contributed by atoms with Gasteiger partial charge in [-0.05, 0) is 18.6 Å². The fourth-order valence-corrected chi connectivity index (χ4v) is 3.71. The van der Waals surface area contributed by atoms with E-state index in [9.17, 15) is 12.8 Å². The van der Waals surface area contributed by atoms with E-state index in [0.717, 1.165) is 0 Å². The maximum atomic E-state index is 13.6. The van der Waals surface area contributed by atoms with Gasteiger partial charge in [-0.1, -0.05) is 12.1 Å². The van der Waals surface area contributed by atoms with Gasteiger partial charge < -0.3 is 5.73 Å². The van der Waals surface area contributed by atoms with Gasteiger partial charge in [-0.25, -0.2) is 12.8 Å². The Morgan fingerprint density at radius 1 is 1.47 bits per heavy atom. The molecule has 1 atom stereocenters. The first-order chi connectivity index (χ1) is 7.81. The van der Waals surface area contributed by atoms with Crippen LogP contribution in [0.5, 0.6) is 0 Å². The smallest absolute Gasteiger partial charge is 0.148 e. The number of thioether (sulfide) groups is 1. The van der Waals surface area contributed by atoms with Gasteiger partial charge in [0.2, 0.25) is 0 Å². The average Bonchev–Trinajstić information content (AvgIpc) is 2.18. The summed E-state index contributed by atoms with van der Waals surface area (Å²) in [6, 6.07) is 4.45. The second kappa shape index (κ2) is 5.84. The van der Waals surface area contributed by atoms with Crippen LogP contribution in [0.2, 0.25) is 0 Å². The van der Waals surface area contributed by atoms with Crippen LogP contribution in [-0.4, -0.2) is 26.2 Å². The van der Waals surface area contributed by atoms with Crippen LogP contribution in [0, 0.1) is 5.82 Å². The fraction of sp³-hybridized carbons (Fsp3) is 0.455. The lowest BCUT2D eigenvalue weighted by atomic mass is 10.1. The summed E-state index contributed by atoms with van der Waals surface area (Å²) in [5.74, 6) is 0.0162. The predicted molar refractivity (Wildman–Crippen MR) is 69.4 cm³/mol. The van der Waals surface area contributed by atoms with E-state index in [4.69, 9.17) is 5.73 Å². The molecule has 96 valence electrons. The summed E-state index contributed by atoms with van der Waals surface area (Å²) in [5, 5.41) is 0. The zero-order valence-electron chi connectivity index (χ0n) is 9.81. The normalized spacial score (nSPS) is 13.6. The molecule has 1 aromatic carbocycles. The summed E-state index contributed by atoms with van der Waals surface area (Å²) >= 11 is 1.19. The highest BCUT2D eigenvalue weighted by Crippen LogP contribution is 2.29. The topological polar surface area (TPSA) is 60.2 Å². The van der Waals surface area contributed by atoms with Crippen LogP contribution in [-0.2, 0) is 9.84 Å². The second-order valence-electron chi connectivity index (χ2n) is 3.93. The Kier molecular flexibility index (Phi) is 4.97. The Morgan fingerprint density at radius 2 is 2.12 bits per heavy atom. The number of hydrogen-bond donors (Lipinski definition) is 1. The molecular weight excluding hydrogens is 261 g/mol. The summed E-state index contributed by atoms with van der Waals surface area (Å²) in [6.45, 7) is 1.77. The summed E-state index contributed by atoms with van der Waals surface area (Å²) < 4.78 is 35.6. The third-order valence-electron chi connectivity index (χ3n) is 2.19. The van der Waals surface area contributed by atoms with Gasteiger partial charge in [0.25, 0.3) is 0 Å². The summed E-state index contributed by atoms with van der Waals surface area (Å²) in [7, 11) is -3.01. The van der Waals surface area contributed by atoms with Crippen molar-refractivity contribution >= 4 is 21.6 Å². The quantitative estimate of drug-likeness (QED) is 0.836. The van der Waals surface area contributed by atoms with Gasteiger partial charge >= 0.3 is 0 Å². The second-order valence-corrected chi connectivity index (χ2v) is 7.29. The third-order valence-corrected chi connectivity index (χ3v) is 4.52. The van der Waals surface area contributed by atoms with E-state index >= 15 is 0 Å². The average molecular weight is 277 g/mol. The van der Waals surface area contributed by atoms with Crippen LogP contribution < -0.4 is 5.73 Å². The van der Waals surface area contributed by atoms with Crippen molar-refractivity contribution in [2.75, 3.05) is 17.8 Å². The van der Waals surface area contributed by atoms with E-state index in [1.165, 1.54) is 24.1 Å². The Labute approximate surface area is 106 Å². The van der Waals surface area contributed by atoms with Crippen LogP contribution in [0.4, 0.5) is 4.39 Å². The van der Waals surface area contributed by atoms with E-state index in [0.29, 0.717) is 16.2 Å². The number of nitrogens with two attached hydrogens (primary N) is 1. The third kappa shape index (κ3) is 4.65. The Balaban J connectivity index is 2.83. The van der Waals surface area contributed by atoms with E-state index in [-0.39, 0.29) is 17.6 Å². The Morgan fingerprint density at radius 3 is 2.65 bits per heavy atom. The molecule has 0 radical (unpaired) electrons. The highest BCUT2D eigenvalue weighted by Gasteiger charge is 2.13. The SMILES string of the molecule is C[C@@H](N)c1cccc(F)c1SCCS(C)(=O)=O. The largest absolute Gasteiger partial charge is 0.324 e. The molecule has 0 bridgehead atoms. The predicted octanol–water partition coefficient (Wildman–Crippen LogP) is 1.98. The molecule has 0 saturated carbocycles.